The van der Waals surface area contributed by atoms with Crippen molar-refractivity contribution >= 4 is 17.3 Å². The van der Waals surface area contributed by atoms with Gasteiger partial charge in [0.1, 0.15) is 0 Å². The lowest BCUT2D eigenvalue weighted by Crippen LogP contribution is -2.41. The molecule has 0 fully saturated rings. The Morgan fingerprint density at radius 3 is 1.52 bits per heavy atom. The highest BCUT2D eigenvalue weighted by Gasteiger charge is 2.22. The molecule has 44 heavy (non-hydrogen) atoms. The van der Waals surface area contributed by atoms with Gasteiger partial charge in [0.2, 0.25) is 5.95 Å². The first-order chi connectivity index (χ1) is 21.8. The number of anilines is 3. The molecule has 8 heteroatoms. The fourth-order valence-electron chi connectivity index (χ4n) is 4.91. The van der Waals surface area contributed by atoms with Gasteiger partial charge in [0.15, 0.2) is 18.3 Å². The fourth-order valence-corrected chi connectivity index (χ4v) is 4.91. The molecule has 7 rings (SSSR count). The van der Waals surface area contributed by atoms with Gasteiger partial charge in [-0.1, -0.05) is 109 Å². The third-order valence-electron chi connectivity index (χ3n) is 7.09. The molecule has 0 saturated heterocycles. The molecule has 0 amide bonds. The van der Waals surface area contributed by atoms with E-state index in [9.17, 15) is 0 Å². The van der Waals surface area contributed by atoms with E-state index in [2.05, 4.69) is 27.9 Å². The summed E-state index contributed by atoms with van der Waals surface area (Å²) in [4.78, 5) is 19.3. The van der Waals surface area contributed by atoms with Crippen molar-refractivity contribution in [3.05, 3.63) is 146 Å². The standard InChI is InChI=1S/C36H28N8/c1-5-15-26(16-6-1)32-39-33(27-17-7-2-8-18-27)42-36(41-32)38-31-24-14-13-23-30(31)37-25-44-35(29-21-11-4-12-22-29)40-34(43-44)28-19-9-3-10-20-28/h1-24,37H,25H2,(H,38,39,41,42)/p+1. The van der Waals surface area contributed by atoms with Crippen LogP contribution < -0.4 is 15.3 Å². The molecule has 0 atom stereocenters. The van der Waals surface area contributed by atoms with Gasteiger partial charge in [0.05, 0.1) is 16.9 Å². The fraction of sp³-hybridized carbons (Fsp3) is 0.0278. The molecule has 0 aliphatic rings. The number of aromatic amines is 1. The Bertz CT molecular complexity index is 1920. The highest BCUT2D eigenvalue weighted by molar-refractivity contribution is 5.73. The summed E-state index contributed by atoms with van der Waals surface area (Å²) in [5, 5.41) is 10.5. The van der Waals surface area contributed by atoms with Gasteiger partial charge in [-0.2, -0.15) is 15.1 Å². The molecule has 7 aromatic rings. The molecule has 0 saturated carbocycles. The first-order valence-electron chi connectivity index (χ1n) is 14.4. The smallest absolute Gasteiger partial charge is 0.346 e. The average Bonchev–Trinajstić information content (AvgIpc) is 3.54. The van der Waals surface area contributed by atoms with Crippen molar-refractivity contribution in [2.45, 2.75) is 6.67 Å². The number of aromatic nitrogens is 6. The van der Waals surface area contributed by atoms with Gasteiger partial charge in [0, 0.05) is 16.7 Å². The molecule has 2 heterocycles. The average molecular weight is 574 g/mol. The van der Waals surface area contributed by atoms with Gasteiger partial charge in [-0.05, 0) is 41.4 Å². The number of H-pyrrole nitrogens is 1. The van der Waals surface area contributed by atoms with Crippen molar-refractivity contribution in [3.63, 3.8) is 0 Å². The largest absolute Gasteiger partial charge is 0.353 e. The Hall–Kier alpha value is -6.15. The van der Waals surface area contributed by atoms with Crippen LogP contribution >= 0.6 is 0 Å². The SMILES string of the molecule is c1ccc(-c2nc(Nc3ccccc3NC[n+]3[nH]c(-c4ccccc4)nc3-c3ccccc3)nc(-c3ccccc3)n2)cc1. The molecule has 0 bridgehead atoms. The van der Waals surface area contributed by atoms with Crippen LogP contribution in [-0.4, -0.2) is 25.0 Å². The van der Waals surface area contributed by atoms with Crippen molar-refractivity contribution in [2.75, 3.05) is 10.6 Å². The Balaban J connectivity index is 1.20. The van der Waals surface area contributed by atoms with Crippen molar-refractivity contribution < 1.29 is 4.68 Å². The van der Waals surface area contributed by atoms with Crippen LogP contribution in [0.15, 0.2) is 146 Å². The number of nitrogens with one attached hydrogen (secondary N) is 3. The van der Waals surface area contributed by atoms with Gasteiger partial charge in [-0.3, -0.25) is 0 Å². The number of nitrogens with zero attached hydrogens (tertiary/aromatic N) is 5. The van der Waals surface area contributed by atoms with E-state index in [0.29, 0.717) is 24.3 Å². The Morgan fingerprint density at radius 1 is 0.477 bits per heavy atom. The molecule has 3 N–H and O–H groups in total. The summed E-state index contributed by atoms with van der Waals surface area (Å²) < 4.78 is 2.01. The molecule has 212 valence electrons. The third-order valence-corrected chi connectivity index (χ3v) is 7.09. The van der Waals surface area contributed by atoms with Gasteiger partial charge >= 0.3 is 5.82 Å². The number of rotatable bonds is 9. The molecule has 0 aliphatic carbocycles. The van der Waals surface area contributed by atoms with Crippen LogP contribution in [0.25, 0.3) is 45.6 Å². The summed E-state index contributed by atoms with van der Waals surface area (Å²) in [7, 11) is 0. The first kappa shape index (κ1) is 26.7. The predicted octanol–water partition coefficient (Wildman–Crippen LogP) is 7.36. The summed E-state index contributed by atoms with van der Waals surface area (Å²) in [6.07, 6.45) is 0. The second-order valence-corrected chi connectivity index (χ2v) is 10.1. The van der Waals surface area contributed by atoms with E-state index in [0.717, 1.165) is 45.3 Å². The van der Waals surface area contributed by atoms with Crippen LogP contribution in [0.2, 0.25) is 0 Å². The highest BCUT2D eigenvalue weighted by Crippen LogP contribution is 2.27. The number of benzene rings is 5. The van der Waals surface area contributed by atoms with Gasteiger partial charge in [-0.25, -0.2) is 4.98 Å². The van der Waals surface area contributed by atoms with E-state index in [1.54, 1.807) is 0 Å². The van der Waals surface area contributed by atoms with Crippen LogP contribution in [-0.2, 0) is 6.67 Å². The number of para-hydroxylation sites is 2. The monoisotopic (exact) mass is 573 g/mol. The second-order valence-electron chi connectivity index (χ2n) is 10.1. The maximum absolute atomic E-state index is 4.95. The quantitative estimate of drug-likeness (QED) is 0.156. The summed E-state index contributed by atoms with van der Waals surface area (Å²) in [5.74, 6) is 3.28. The maximum Gasteiger partial charge on any atom is 0.353 e. The van der Waals surface area contributed by atoms with Crippen LogP contribution in [0.4, 0.5) is 17.3 Å². The summed E-state index contributed by atoms with van der Waals surface area (Å²) in [6, 6.07) is 48.2. The summed E-state index contributed by atoms with van der Waals surface area (Å²) >= 11 is 0. The summed E-state index contributed by atoms with van der Waals surface area (Å²) in [5.41, 5.74) is 5.59. The first-order valence-corrected chi connectivity index (χ1v) is 14.4. The zero-order chi connectivity index (χ0) is 29.6. The topological polar surface area (TPSA) is 95.3 Å². The van der Waals surface area contributed by atoms with Crippen LogP contribution in [0.5, 0.6) is 0 Å². The van der Waals surface area contributed by atoms with Crippen molar-refractivity contribution in [1.29, 1.82) is 0 Å². The highest BCUT2D eigenvalue weighted by atomic mass is 15.4. The Morgan fingerprint density at radius 2 is 0.955 bits per heavy atom. The van der Waals surface area contributed by atoms with E-state index in [-0.39, 0.29) is 0 Å². The maximum atomic E-state index is 4.95. The van der Waals surface area contributed by atoms with Crippen molar-refractivity contribution in [3.8, 4) is 45.6 Å². The van der Waals surface area contributed by atoms with E-state index in [4.69, 9.17) is 19.9 Å². The molecule has 0 spiro atoms. The molecular weight excluding hydrogens is 544 g/mol. The lowest BCUT2D eigenvalue weighted by Gasteiger charge is -2.13. The minimum absolute atomic E-state index is 0.449. The number of hydrogen-bond donors (Lipinski definition) is 3. The minimum atomic E-state index is 0.449. The zero-order valence-corrected chi connectivity index (χ0v) is 23.8. The molecule has 5 aromatic carbocycles. The minimum Gasteiger partial charge on any atom is -0.346 e. The second kappa shape index (κ2) is 12.4. The number of hydrogen-bond acceptors (Lipinski definition) is 6. The predicted molar refractivity (Wildman–Crippen MR) is 174 cm³/mol. The van der Waals surface area contributed by atoms with E-state index < -0.39 is 0 Å². The van der Waals surface area contributed by atoms with E-state index in [1.165, 1.54) is 0 Å². The van der Waals surface area contributed by atoms with Gasteiger partial charge < -0.3 is 10.6 Å². The lowest BCUT2D eigenvalue weighted by molar-refractivity contribution is -0.735. The Kier molecular flexibility index (Phi) is 7.52. The molecular formula is C36H29N8+. The third kappa shape index (κ3) is 5.91. The van der Waals surface area contributed by atoms with Crippen molar-refractivity contribution in [1.82, 2.24) is 25.0 Å². The normalized spacial score (nSPS) is 10.8. The van der Waals surface area contributed by atoms with Gasteiger partial charge in [-0.15, -0.1) is 4.68 Å². The molecule has 0 radical (unpaired) electrons. The van der Waals surface area contributed by atoms with Gasteiger partial charge in [0.25, 0.3) is 5.82 Å². The van der Waals surface area contributed by atoms with E-state index in [1.807, 2.05) is 138 Å². The lowest BCUT2D eigenvalue weighted by atomic mass is 10.2. The van der Waals surface area contributed by atoms with Crippen LogP contribution in [0.1, 0.15) is 0 Å². The van der Waals surface area contributed by atoms with Crippen molar-refractivity contribution in [2.24, 2.45) is 0 Å². The summed E-state index contributed by atoms with van der Waals surface area (Å²) in [6.45, 7) is 0.449. The zero-order valence-electron chi connectivity index (χ0n) is 23.8. The Labute approximate surface area is 255 Å². The molecule has 0 unspecified atom stereocenters. The molecule has 0 aliphatic heterocycles. The van der Waals surface area contributed by atoms with E-state index >= 15 is 0 Å². The molecule has 2 aromatic heterocycles. The van der Waals surface area contributed by atoms with Crippen LogP contribution in [0.3, 0.4) is 0 Å². The van der Waals surface area contributed by atoms with Crippen LogP contribution in [0, 0.1) is 0 Å². The molecule has 8 nitrogen and oxygen atoms in total.